The van der Waals surface area contributed by atoms with Gasteiger partial charge in [-0.25, -0.2) is 4.98 Å². The number of aromatic nitrogens is 1. The largest absolute Gasteiger partial charge is 0.497 e. The molecule has 0 saturated carbocycles. The number of halogens is 3. The normalized spacial score (nSPS) is 16.8. The van der Waals surface area contributed by atoms with E-state index in [2.05, 4.69) is 10.3 Å². The van der Waals surface area contributed by atoms with Crippen molar-refractivity contribution in [2.24, 2.45) is 0 Å². The van der Waals surface area contributed by atoms with Gasteiger partial charge in [-0.05, 0) is 37.1 Å². The fourth-order valence-corrected chi connectivity index (χ4v) is 2.91. The van der Waals surface area contributed by atoms with E-state index in [0.29, 0.717) is 18.8 Å². The lowest BCUT2D eigenvalue weighted by atomic mass is 10.0. The van der Waals surface area contributed by atoms with E-state index in [1.807, 2.05) is 18.2 Å². The summed E-state index contributed by atoms with van der Waals surface area (Å²) in [5, 5.41) is 3.41. The summed E-state index contributed by atoms with van der Waals surface area (Å²) in [6.07, 6.45) is -2.64. The average molecular weight is 382 g/mol. The topological polar surface area (TPSA) is 52.6 Å². The maximum absolute atomic E-state index is 12.3. The standard InChI is InChI=1S/C19H21F3N2O3/c1-25-14-7-8-17-15(10-14)16(5-3-9-26-17)23-11-13-4-2-6-18(24-13)27-12-19(20,21)22/h2,4,6-8,10,16,23H,3,5,9,11-12H2,1H3. The Balaban J connectivity index is 1.68. The fraction of sp³-hybridized carbons (Fsp3) is 0.421. The van der Waals surface area contributed by atoms with Crippen molar-refractivity contribution in [1.29, 1.82) is 0 Å². The van der Waals surface area contributed by atoms with Gasteiger partial charge in [-0.3, -0.25) is 0 Å². The van der Waals surface area contributed by atoms with E-state index >= 15 is 0 Å². The quantitative estimate of drug-likeness (QED) is 0.817. The number of ether oxygens (including phenoxy) is 3. The van der Waals surface area contributed by atoms with Gasteiger partial charge in [-0.15, -0.1) is 0 Å². The summed E-state index contributed by atoms with van der Waals surface area (Å²) >= 11 is 0. The van der Waals surface area contributed by atoms with E-state index < -0.39 is 12.8 Å². The lowest BCUT2D eigenvalue weighted by Gasteiger charge is -2.19. The predicted octanol–water partition coefficient (Wildman–Crippen LogP) is 4.03. The molecule has 1 unspecified atom stereocenters. The maximum Gasteiger partial charge on any atom is 0.422 e. The van der Waals surface area contributed by atoms with E-state index in [1.54, 1.807) is 19.2 Å². The molecule has 0 amide bonds. The van der Waals surface area contributed by atoms with Crippen molar-refractivity contribution < 1.29 is 27.4 Å². The Hall–Kier alpha value is -2.48. The molecular weight excluding hydrogens is 361 g/mol. The summed E-state index contributed by atoms with van der Waals surface area (Å²) in [5.41, 5.74) is 1.60. The number of nitrogens with zero attached hydrogens (tertiary/aromatic N) is 1. The monoisotopic (exact) mass is 382 g/mol. The van der Waals surface area contributed by atoms with Crippen LogP contribution < -0.4 is 19.5 Å². The average Bonchev–Trinajstić information content (AvgIpc) is 2.86. The number of fused-ring (bicyclic) bond motifs is 1. The van der Waals surface area contributed by atoms with Gasteiger partial charge in [0.15, 0.2) is 6.61 Å². The number of rotatable bonds is 6. The molecule has 2 aromatic rings. The van der Waals surface area contributed by atoms with Crippen LogP contribution in [0.1, 0.15) is 30.1 Å². The first kappa shape index (κ1) is 19.3. The van der Waals surface area contributed by atoms with Crippen LogP contribution in [0.5, 0.6) is 17.4 Å². The van der Waals surface area contributed by atoms with Crippen molar-refractivity contribution in [3.05, 3.63) is 47.7 Å². The molecule has 1 N–H and O–H groups in total. The third kappa shape index (κ3) is 5.50. The van der Waals surface area contributed by atoms with Crippen LogP contribution >= 0.6 is 0 Å². The molecule has 1 aliphatic rings. The lowest BCUT2D eigenvalue weighted by molar-refractivity contribution is -0.154. The second kappa shape index (κ2) is 8.47. The summed E-state index contributed by atoms with van der Waals surface area (Å²) in [5.74, 6) is 1.51. The van der Waals surface area contributed by atoms with Gasteiger partial charge < -0.3 is 19.5 Å². The van der Waals surface area contributed by atoms with Gasteiger partial charge >= 0.3 is 6.18 Å². The molecule has 2 heterocycles. The molecule has 27 heavy (non-hydrogen) atoms. The zero-order valence-electron chi connectivity index (χ0n) is 14.9. The molecule has 0 spiro atoms. The second-order valence-electron chi connectivity index (χ2n) is 6.20. The minimum Gasteiger partial charge on any atom is -0.497 e. The predicted molar refractivity (Wildman–Crippen MR) is 93.1 cm³/mol. The van der Waals surface area contributed by atoms with E-state index in [4.69, 9.17) is 14.2 Å². The summed E-state index contributed by atoms with van der Waals surface area (Å²) < 4.78 is 52.6. The van der Waals surface area contributed by atoms with Gasteiger partial charge in [0, 0.05) is 24.2 Å². The molecule has 0 aliphatic carbocycles. The second-order valence-corrected chi connectivity index (χ2v) is 6.20. The molecule has 1 atom stereocenters. The molecule has 1 aromatic carbocycles. The highest BCUT2D eigenvalue weighted by Crippen LogP contribution is 2.34. The Labute approximate surface area is 155 Å². The highest BCUT2D eigenvalue weighted by Gasteiger charge is 2.28. The highest BCUT2D eigenvalue weighted by atomic mass is 19.4. The lowest BCUT2D eigenvalue weighted by Crippen LogP contribution is -2.22. The fourth-order valence-electron chi connectivity index (χ4n) is 2.91. The summed E-state index contributed by atoms with van der Waals surface area (Å²) in [7, 11) is 1.61. The van der Waals surface area contributed by atoms with Crippen LogP contribution in [0.3, 0.4) is 0 Å². The van der Waals surface area contributed by atoms with Gasteiger partial charge in [0.2, 0.25) is 5.88 Å². The van der Waals surface area contributed by atoms with E-state index in [9.17, 15) is 13.2 Å². The van der Waals surface area contributed by atoms with Gasteiger partial charge in [0.1, 0.15) is 11.5 Å². The molecule has 3 rings (SSSR count). The molecule has 146 valence electrons. The first-order valence-corrected chi connectivity index (χ1v) is 8.64. The highest BCUT2D eigenvalue weighted by molar-refractivity contribution is 5.42. The Bertz CT molecular complexity index is 768. The van der Waals surface area contributed by atoms with Gasteiger partial charge in [-0.1, -0.05) is 6.07 Å². The molecule has 8 heteroatoms. The number of hydrogen-bond donors (Lipinski definition) is 1. The zero-order chi connectivity index (χ0) is 19.3. The number of alkyl halides is 3. The van der Waals surface area contributed by atoms with Crippen LogP contribution in [0.2, 0.25) is 0 Å². The van der Waals surface area contributed by atoms with Gasteiger partial charge in [0.05, 0.1) is 19.4 Å². The zero-order valence-corrected chi connectivity index (χ0v) is 14.9. The first-order valence-electron chi connectivity index (χ1n) is 8.64. The van der Waals surface area contributed by atoms with Crippen LogP contribution in [0.4, 0.5) is 13.2 Å². The Morgan fingerprint density at radius 2 is 2.11 bits per heavy atom. The van der Waals surface area contributed by atoms with Crippen LogP contribution in [-0.4, -0.2) is 31.5 Å². The van der Waals surface area contributed by atoms with Crippen molar-refractivity contribution in [3.63, 3.8) is 0 Å². The summed E-state index contributed by atoms with van der Waals surface area (Å²) in [4.78, 5) is 4.13. The van der Waals surface area contributed by atoms with Crippen LogP contribution in [0.15, 0.2) is 36.4 Å². The molecule has 1 aromatic heterocycles. The minimum atomic E-state index is -4.39. The third-order valence-corrected chi connectivity index (χ3v) is 4.18. The molecule has 0 fully saturated rings. The number of methoxy groups -OCH3 is 1. The van der Waals surface area contributed by atoms with Crippen molar-refractivity contribution in [2.45, 2.75) is 31.6 Å². The van der Waals surface area contributed by atoms with Crippen LogP contribution in [-0.2, 0) is 6.54 Å². The van der Waals surface area contributed by atoms with Crippen LogP contribution in [0, 0.1) is 0 Å². The molecule has 5 nitrogen and oxygen atoms in total. The van der Waals surface area contributed by atoms with Gasteiger partial charge in [0.25, 0.3) is 0 Å². The van der Waals surface area contributed by atoms with E-state index in [-0.39, 0.29) is 11.9 Å². The Morgan fingerprint density at radius 1 is 1.26 bits per heavy atom. The molecule has 1 aliphatic heterocycles. The number of nitrogens with one attached hydrogen (secondary N) is 1. The summed E-state index contributed by atoms with van der Waals surface area (Å²) in [6, 6.07) is 10.5. The van der Waals surface area contributed by atoms with Crippen molar-refractivity contribution in [1.82, 2.24) is 10.3 Å². The van der Waals surface area contributed by atoms with E-state index in [0.717, 1.165) is 29.9 Å². The van der Waals surface area contributed by atoms with Gasteiger partial charge in [-0.2, -0.15) is 13.2 Å². The molecular formula is C19H21F3N2O3. The van der Waals surface area contributed by atoms with E-state index in [1.165, 1.54) is 6.07 Å². The molecule has 0 bridgehead atoms. The molecule has 0 radical (unpaired) electrons. The Kier molecular flexibility index (Phi) is 6.05. The SMILES string of the molecule is COc1ccc2c(c1)C(NCc1cccc(OCC(F)(F)F)n1)CCCO2. The molecule has 0 saturated heterocycles. The number of pyridine rings is 1. The smallest absolute Gasteiger partial charge is 0.422 e. The third-order valence-electron chi connectivity index (χ3n) is 4.18. The summed E-state index contributed by atoms with van der Waals surface area (Å²) in [6.45, 7) is -0.328. The number of hydrogen-bond acceptors (Lipinski definition) is 5. The van der Waals surface area contributed by atoms with Crippen molar-refractivity contribution >= 4 is 0 Å². The Morgan fingerprint density at radius 3 is 2.89 bits per heavy atom. The van der Waals surface area contributed by atoms with Crippen LogP contribution in [0.25, 0.3) is 0 Å². The number of benzene rings is 1. The van der Waals surface area contributed by atoms with Crippen molar-refractivity contribution in [3.8, 4) is 17.4 Å². The van der Waals surface area contributed by atoms with Crippen molar-refractivity contribution in [2.75, 3.05) is 20.3 Å². The minimum absolute atomic E-state index is 0.0270. The maximum atomic E-state index is 12.3. The first-order chi connectivity index (χ1) is 12.9.